The third kappa shape index (κ3) is 3.59. The van der Waals surface area contributed by atoms with Crippen LogP contribution in [0.5, 0.6) is 5.75 Å². The number of hydrogen-bond acceptors (Lipinski definition) is 3. The fourth-order valence-electron chi connectivity index (χ4n) is 1.44. The highest BCUT2D eigenvalue weighted by atomic mass is 79.9. The fourth-order valence-corrected chi connectivity index (χ4v) is 1.88. The summed E-state index contributed by atoms with van der Waals surface area (Å²) >= 11 is 3.38. The average Bonchev–Trinajstić information content (AvgIpc) is 2.73. The van der Waals surface area contributed by atoms with Gasteiger partial charge in [0.05, 0.1) is 12.4 Å². The van der Waals surface area contributed by atoms with Gasteiger partial charge in [0.2, 0.25) is 0 Å². The van der Waals surface area contributed by atoms with E-state index in [2.05, 4.69) is 21.0 Å². The average molecular weight is 311 g/mol. The van der Waals surface area contributed by atoms with Crippen LogP contribution in [0.1, 0.15) is 5.56 Å². The highest BCUT2D eigenvalue weighted by Crippen LogP contribution is 2.15. The number of carboxylic acid groups (broad SMARTS) is 1. The smallest absolute Gasteiger partial charge is 0.325 e. The van der Waals surface area contributed by atoms with Crippen molar-refractivity contribution in [3.8, 4) is 5.75 Å². The van der Waals surface area contributed by atoms with E-state index in [9.17, 15) is 4.79 Å². The Morgan fingerprint density at radius 3 is 3.06 bits per heavy atom. The molecule has 1 heterocycles. The third-order valence-corrected chi connectivity index (χ3v) is 2.69. The molecule has 0 fully saturated rings. The predicted octanol–water partition coefficient (Wildman–Crippen LogP) is 2.31. The Balaban J connectivity index is 1.94. The van der Waals surface area contributed by atoms with Crippen LogP contribution in [0.3, 0.4) is 0 Å². The molecule has 0 aliphatic carbocycles. The molecule has 6 heteroatoms. The minimum Gasteiger partial charge on any atom is -0.486 e. The molecule has 94 valence electrons. The van der Waals surface area contributed by atoms with Crippen molar-refractivity contribution in [3.63, 3.8) is 0 Å². The zero-order valence-electron chi connectivity index (χ0n) is 9.41. The quantitative estimate of drug-likeness (QED) is 0.920. The number of carbonyl (C=O) groups is 1. The Kier molecular flexibility index (Phi) is 3.99. The molecule has 1 aromatic heterocycles. The van der Waals surface area contributed by atoms with Crippen LogP contribution < -0.4 is 4.74 Å². The molecule has 0 atom stereocenters. The van der Waals surface area contributed by atoms with Gasteiger partial charge in [-0.15, -0.1) is 0 Å². The van der Waals surface area contributed by atoms with Gasteiger partial charge in [-0.1, -0.05) is 28.1 Å². The second kappa shape index (κ2) is 5.68. The van der Waals surface area contributed by atoms with E-state index >= 15 is 0 Å². The van der Waals surface area contributed by atoms with E-state index in [1.165, 1.54) is 10.9 Å². The zero-order chi connectivity index (χ0) is 13.0. The minimum atomic E-state index is -0.934. The monoisotopic (exact) mass is 310 g/mol. The number of rotatable bonds is 5. The molecule has 2 rings (SSSR count). The van der Waals surface area contributed by atoms with E-state index in [4.69, 9.17) is 9.84 Å². The van der Waals surface area contributed by atoms with E-state index < -0.39 is 5.97 Å². The summed E-state index contributed by atoms with van der Waals surface area (Å²) < 4.78 is 7.82. The minimum absolute atomic E-state index is 0.166. The molecule has 5 nitrogen and oxygen atoms in total. The van der Waals surface area contributed by atoms with Crippen molar-refractivity contribution in [1.29, 1.82) is 0 Å². The summed E-state index contributed by atoms with van der Waals surface area (Å²) in [5.41, 5.74) is 1.02. The summed E-state index contributed by atoms with van der Waals surface area (Å²) in [6.07, 6.45) is 3.06. The molecule has 0 spiro atoms. The number of aliphatic carboxylic acids is 1. The number of ether oxygens (including phenoxy) is 1. The summed E-state index contributed by atoms with van der Waals surface area (Å²) in [5.74, 6) is -0.382. The Morgan fingerprint density at radius 2 is 2.33 bits per heavy atom. The lowest BCUT2D eigenvalue weighted by atomic mass is 10.2. The van der Waals surface area contributed by atoms with Crippen LogP contribution in [0, 0.1) is 0 Å². The Morgan fingerprint density at radius 1 is 1.50 bits per heavy atom. The maximum absolute atomic E-state index is 10.5. The van der Waals surface area contributed by atoms with Gasteiger partial charge in [0.15, 0.2) is 5.75 Å². The topological polar surface area (TPSA) is 64.3 Å². The van der Waals surface area contributed by atoms with Crippen molar-refractivity contribution >= 4 is 21.9 Å². The normalized spacial score (nSPS) is 10.3. The van der Waals surface area contributed by atoms with Gasteiger partial charge in [-0.3, -0.25) is 9.48 Å². The van der Waals surface area contributed by atoms with Crippen LogP contribution in [0.25, 0.3) is 0 Å². The van der Waals surface area contributed by atoms with E-state index in [-0.39, 0.29) is 6.54 Å². The van der Waals surface area contributed by atoms with Crippen LogP contribution in [0.2, 0.25) is 0 Å². The van der Waals surface area contributed by atoms with Gasteiger partial charge in [0.25, 0.3) is 0 Å². The molecule has 0 aliphatic rings. The lowest BCUT2D eigenvalue weighted by Crippen LogP contribution is -2.08. The first-order chi connectivity index (χ1) is 8.63. The molecule has 0 saturated heterocycles. The van der Waals surface area contributed by atoms with Gasteiger partial charge >= 0.3 is 5.97 Å². The molecular weight excluding hydrogens is 300 g/mol. The molecule has 2 aromatic rings. The van der Waals surface area contributed by atoms with Gasteiger partial charge in [-0.2, -0.15) is 5.10 Å². The highest BCUT2D eigenvalue weighted by Gasteiger charge is 2.03. The lowest BCUT2D eigenvalue weighted by Gasteiger charge is -2.03. The Bertz CT molecular complexity index is 554. The molecule has 0 radical (unpaired) electrons. The molecule has 0 unspecified atom stereocenters. The maximum Gasteiger partial charge on any atom is 0.325 e. The summed E-state index contributed by atoms with van der Waals surface area (Å²) in [4.78, 5) is 10.5. The van der Waals surface area contributed by atoms with Crippen molar-refractivity contribution in [3.05, 3.63) is 46.7 Å². The predicted molar refractivity (Wildman–Crippen MR) is 68.3 cm³/mol. The van der Waals surface area contributed by atoms with E-state index in [0.29, 0.717) is 12.4 Å². The van der Waals surface area contributed by atoms with Crippen molar-refractivity contribution in [2.75, 3.05) is 0 Å². The van der Waals surface area contributed by atoms with Crippen LogP contribution in [0.15, 0.2) is 41.1 Å². The summed E-state index contributed by atoms with van der Waals surface area (Å²) in [6.45, 7) is 0.248. The summed E-state index contributed by atoms with van der Waals surface area (Å²) in [7, 11) is 0. The van der Waals surface area contributed by atoms with Crippen molar-refractivity contribution < 1.29 is 14.6 Å². The number of aromatic nitrogens is 2. The standard InChI is InChI=1S/C12H11BrN2O3/c13-10-3-1-2-9(4-10)8-18-11-5-14-15(6-11)7-12(16)17/h1-6H,7-8H2,(H,16,17). The van der Waals surface area contributed by atoms with Crippen molar-refractivity contribution in [2.45, 2.75) is 13.2 Å². The molecular formula is C12H11BrN2O3. The molecule has 0 saturated carbocycles. The van der Waals surface area contributed by atoms with Gasteiger partial charge in [-0.05, 0) is 17.7 Å². The Hall–Kier alpha value is -1.82. The van der Waals surface area contributed by atoms with Gasteiger partial charge in [0, 0.05) is 4.47 Å². The van der Waals surface area contributed by atoms with Crippen LogP contribution >= 0.6 is 15.9 Å². The molecule has 1 aromatic carbocycles. The van der Waals surface area contributed by atoms with Crippen molar-refractivity contribution in [2.24, 2.45) is 0 Å². The van der Waals surface area contributed by atoms with Gasteiger partial charge in [0.1, 0.15) is 13.2 Å². The molecule has 1 N–H and O–H groups in total. The van der Waals surface area contributed by atoms with E-state index in [1.807, 2.05) is 24.3 Å². The largest absolute Gasteiger partial charge is 0.486 e. The number of halogens is 1. The Labute approximate surface area is 112 Å². The van der Waals surface area contributed by atoms with Gasteiger partial charge < -0.3 is 9.84 Å². The van der Waals surface area contributed by atoms with E-state index in [1.54, 1.807) is 6.20 Å². The fraction of sp³-hybridized carbons (Fsp3) is 0.167. The first kappa shape index (κ1) is 12.6. The summed E-state index contributed by atoms with van der Waals surface area (Å²) in [6, 6.07) is 7.78. The molecule has 0 bridgehead atoms. The van der Waals surface area contributed by atoms with Crippen molar-refractivity contribution in [1.82, 2.24) is 9.78 Å². The SMILES string of the molecule is O=C(O)Cn1cc(OCc2cccc(Br)c2)cn1. The maximum atomic E-state index is 10.5. The number of benzene rings is 1. The number of nitrogens with zero attached hydrogens (tertiary/aromatic N) is 2. The van der Waals surface area contributed by atoms with E-state index in [0.717, 1.165) is 10.0 Å². The zero-order valence-corrected chi connectivity index (χ0v) is 11.0. The summed E-state index contributed by atoms with van der Waals surface area (Å²) in [5, 5.41) is 12.5. The van der Waals surface area contributed by atoms with Crippen LogP contribution in [0.4, 0.5) is 0 Å². The van der Waals surface area contributed by atoms with Gasteiger partial charge in [-0.25, -0.2) is 0 Å². The second-order valence-corrected chi connectivity index (χ2v) is 4.60. The molecule has 0 amide bonds. The highest BCUT2D eigenvalue weighted by molar-refractivity contribution is 9.10. The molecule has 18 heavy (non-hydrogen) atoms. The van der Waals surface area contributed by atoms with Crippen LogP contribution in [-0.4, -0.2) is 20.9 Å². The number of hydrogen-bond donors (Lipinski definition) is 1. The second-order valence-electron chi connectivity index (χ2n) is 3.69. The molecule has 0 aliphatic heterocycles. The third-order valence-electron chi connectivity index (χ3n) is 2.20. The lowest BCUT2D eigenvalue weighted by molar-refractivity contribution is -0.137. The first-order valence-electron chi connectivity index (χ1n) is 5.25. The van der Waals surface area contributed by atoms with Crippen LogP contribution in [-0.2, 0) is 17.9 Å². The first-order valence-corrected chi connectivity index (χ1v) is 6.04. The number of carboxylic acids is 1.